The molecule has 180 valence electrons. The van der Waals surface area contributed by atoms with Crippen molar-refractivity contribution in [1.29, 1.82) is 0 Å². The van der Waals surface area contributed by atoms with Gasteiger partial charge in [-0.05, 0) is 36.2 Å². The smallest absolute Gasteiger partial charge is 0.257 e. The molecule has 3 aromatic carbocycles. The van der Waals surface area contributed by atoms with E-state index >= 15 is 0 Å². The third kappa shape index (κ3) is 5.09. The fourth-order valence-corrected chi connectivity index (χ4v) is 5.11. The first-order valence-corrected chi connectivity index (χ1v) is 12.3. The molecule has 5 rings (SSSR count). The zero-order valence-corrected chi connectivity index (χ0v) is 20.5. The Balaban J connectivity index is 1.32. The highest BCUT2D eigenvalue weighted by molar-refractivity contribution is 6.31. The van der Waals surface area contributed by atoms with E-state index in [1.807, 2.05) is 47.4 Å². The second-order valence-electron chi connectivity index (χ2n) is 9.11. The van der Waals surface area contributed by atoms with E-state index in [0.29, 0.717) is 43.3 Å². The lowest BCUT2D eigenvalue weighted by molar-refractivity contribution is -0.134. The number of rotatable bonds is 5. The summed E-state index contributed by atoms with van der Waals surface area (Å²) in [6, 6.07) is 22.4. The molecule has 0 saturated carbocycles. The first-order chi connectivity index (χ1) is 17.0. The van der Waals surface area contributed by atoms with Crippen molar-refractivity contribution < 1.29 is 9.18 Å². The zero-order valence-electron chi connectivity index (χ0n) is 19.7. The number of hydrazone groups is 1. The Bertz CT molecular complexity index is 1250. The molecule has 0 bridgehead atoms. The molecule has 1 saturated heterocycles. The summed E-state index contributed by atoms with van der Waals surface area (Å²) in [6.07, 6.45) is 0.611. The maximum absolute atomic E-state index is 14.2. The number of hydrogen-bond acceptors (Lipinski definition) is 4. The van der Waals surface area contributed by atoms with Crippen molar-refractivity contribution in [3.8, 4) is 0 Å². The summed E-state index contributed by atoms with van der Waals surface area (Å²) in [7, 11) is 0. The van der Waals surface area contributed by atoms with Gasteiger partial charge in [0.15, 0.2) is 0 Å². The lowest BCUT2D eigenvalue weighted by Gasteiger charge is -2.36. The third-order valence-corrected chi connectivity index (χ3v) is 7.05. The van der Waals surface area contributed by atoms with E-state index in [1.165, 1.54) is 6.07 Å². The second kappa shape index (κ2) is 10.2. The van der Waals surface area contributed by atoms with Crippen molar-refractivity contribution in [3.05, 3.63) is 100 Å². The van der Waals surface area contributed by atoms with Gasteiger partial charge in [-0.3, -0.25) is 9.69 Å². The first kappa shape index (κ1) is 23.5. The van der Waals surface area contributed by atoms with Crippen molar-refractivity contribution in [2.45, 2.75) is 19.4 Å². The molecule has 0 N–H and O–H groups in total. The minimum absolute atomic E-state index is 0.0584. The molecule has 7 heteroatoms. The van der Waals surface area contributed by atoms with Gasteiger partial charge in [-0.15, -0.1) is 0 Å². The lowest BCUT2D eigenvalue weighted by Crippen LogP contribution is -2.49. The van der Waals surface area contributed by atoms with Gasteiger partial charge in [0.25, 0.3) is 5.91 Å². The molecule has 2 heterocycles. The number of para-hydroxylation sites is 1. The Hall–Kier alpha value is -3.22. The van der Waals surface area contributed by atoms with Gasteiger partial charge in [0, 0.05) is 37.6 Å². The van der Waals surface area contributed by atoms with Crippen LogP contribution in [0.15, 0.2) is 77.9 Å². The van der Waals surface area contributed by atoms with Crippen LogP contribution in [0.3, 0.4) is 0 Å². The lowest BCUT2D eigenvalue weighted by atomic mass is 9.97. The van der Waals surface area contributed by atoms with E-state index in [0.717, 1.165) is 22.4 Å². The number of halogens is 2. The van der Waals surface area contributed by atoms with Crippen molar-refractivity contribution in [2.24, 2.45) is 5.10 Å². The largest absolute Gasteiger partial charge is 0.367 e. The molecule has 1 amide bonds. The minimum atomic E-state index is -0.244. The minimum Gasteiger partial charge on any atom is -0.367 e. The van der Waals surface area contributed by atoms with Crippen LogP contribution in [-0.4, -0.2) is 54.3 Å². The maximum Gasteiger partial charge on any atom is 0.257 e. The van der Waals surface area contributed by atoms with Crippen molar-refractivity contribution >= 4 is 28.9 Å². The van der Waals surface area contributed by atoms with E-state index < -0.39 is 0 Å². The molecule has 3 aromatic rings. The topological polar surface area (TPSA) is 39.2 Å². The maximum atomic E-state index is 14.2. The quantitative estimate of drug-likeness (QED) is 0.488. The van der Waals surface area contributed by atoms with E-state index in [-0.39, 0.29) is 24.3 Å². The van der Waals surface area contributed by atoms with Crippen LogP contribution < -0.4 is 4.90 Å². The Morgan fingerprint density at radius 1 is 1.00 bits per heavy atom. The highest BCUT2D eigenvalue weighted by Gasteiger charge is 2.35. The molecule has 0 unspecified atom stereocenters. The van der Waals surface area contributed by atoms with Crippen LogP contribution in [0.5, 0.6) is 0 Å². The molecular formula is C28H28ClFN4O. The molecule has 1 atom stereocenters. The van der Waals surface area contributed by atoms with Gasteiger partial charge in [0.2, 0.25) is 0 Å². The van der Waals surface area contributed by atoms with Gasteiger partial charge in [-0.2, -0.15) is 5.10 Å². The Morgan fingerprint density at radius 2 is 1.74 bits per heavy atom. The van der Waals surface area contributed by atoms with E-state index in [2.05, 4.69) is 24.0 Å². The number of piperazine rings is 1. The second-order valence-corrected chi connectivity index (χ2v) is 9.52. The average molecular weight is 491 g/mol. The molecule has 0 aromatic heterocycles. The fourth-order valence-electron chi connectivity index (χ4n) is 4.85. The third-order valence-electron chi connectivity index (χ3n) is 6.71. The van der Waals surface area contributed by atoms with E-state index in [9.17, 15) is 9.18 Å². The number of aryl methyl sites for hydroxylation is 1. The van der Waals surface area contributed by atoms with Crippen LogP contribution in [0, 0.1) is 12.7 Å². The van der Waals surface area contributed by atoms with Gasteiger partial charge >= 0.3 is 0 Å². The Labute approximate surface area is 210 Å². The fraction of sp³-hybridized carbons (Fsp3) is 0.286. The van der Waals surface area contributed by atoms with Crippen LogP contribution in [0.4, 0.5) is 10.1 Å². The monoisotopic (exact) mass is 490 g/mol. The molecule has 0 spiro atoms. The number of anilines is 1. The number of carbonyl (C=O) groups is 1. The van der Waals surface area contributed by atoms with Gasteiger partial charge in [0.05, 0.1) is 24.0 Å². The summed E-state index contributed by atoms with van der Waals surface area (Å²) in [4.78, 5) is 17.7. The van der Waals surface area contributed by atoms with Gasteiger partial charge in [0.1, 0.15) is 5.82 Å². The number of carbonyl (C=O) groups excluding carboxylic acids is 1. The molecule has 5 nitrogen and oxygen atoms in total. The standard InChI is InChI=1S/C28H28ClFN4O/c1-20-7-6-8-21(17-20)25-18-27(22-9-2-3-10-23(22)29)34(31-25)28(35)19-32-13-15-33(16-14-32)26-12-5-4-11-24(26)30/h2-12,17,27H,13-16,18-19H2,1H3/t27-/m1/s1. The molecule has 2 aliphatic rings. The van der Waals surface area contributed by atoms with Crippen LogP contribution in [0.1, 0.15) is 29.2 Å². The number of benzene rings is 3. The Kier molecular flexibility index (Phi) is 6.84. The molecule has 1 fully saturated rings. The van der Waals surface area contributed by atoms with Crippen LogP contribution >= 0.6 is 11.6 Å². The summed E-state index contributed by atoms with van der Waals surface area (Å²) in [5, 5.41) is 7.04. The SMILES string of the molecule is Cc1cccc(C2=NN(C(=O)CN3CCN(c4ccccc4F)CC3)[C@@H](c3ccccc3Cl)C2)c1. The number of amides is 1. The van der Waals surface area contributed by atoms with Crippen molar-refractivity contribution in [1.82, 2.24) is 9.91 Å². The van der Waals surface area contributed by atoms with Gasteiger partial charge in [-0.25, -0.2) is 9.40 Å². The van der Waals surface area contributed by atoms with Crippen molar-refractivity contribution in [3.63, 3.8) is 0 Å². The number of hydrogen-bond donors (Lipinski definition) is 0. The molecule has 35 heavy (non-hydrogen) atoms. The molecule has 0 radical (unpaired) electrons. The molecule has 2 aliphatic heterocycles. The van der Waals surface area contributed by atoms with Crippen molar-refractivity contribution in [2.75, 3.05) is 37.6 Å². The van der Waals surface area contributed by atoms with Gasteiger partial charge < -0.3 is 4.90 Å². The summed E-state index contributed by atoms with van der Waals surface area (Å²) in [5.41, 5.74) is 4.58. The van der Waals surface area contributed by atoms with Crippen LogP contribution in [-0.2, 0) is 4.79 Å². The van der Waals surface area contributed by atoms with E-state index in [4.69, 9.17) is 16.7 Å². The zero-order chi connectivity index (χ0) is 24.4. The summed E-state index contributed by atoms with van der Waals surface area (Å²) in [5.74, 6) is -0.272. The predicted octanol–water partition coefficient (Wildman–Crippen LogP) is 5.29. The first-order valence-electron chi connectivity index (χ1n) is 11.9. The summed E-state index contributed by atoms with van der Waals surface area (Å²) >= 11 is 6.54. The van der Waals surface area contributed by atoms with Crippen LogP contribution in [0.2, 0.25) is 5.02 Å². The Morgan fingerprint density at radius 3 is 2.49 bits per heavy atom. The highest BCUT2D eigenvalue weighted by Crippen LogP contribution is 2.36. The van der Waals surface area contributed by atoms with E-state index in [1.54, 1.807) is 17.1 Å². The number of nitrogens with zero attached hydrogens (tertiary/aromatic N) is 4. The molecular weight excluding hydrogens is 463 g/mol. The summed E-state index contributed by atoms with van der Waals surface area (Å²) < 4.78 is 14.2. The highest BCUT2D eigenvalue weighted by atomic mass is 35.5. The normalized spacial score (nSPS) is 18.6. The average Bonchev–Trinajstić information content (AvgIpc) is 3.31. The predicted molar refractivity (Wildman–Crippen MR) is 138 cm³/mol. The molecule has 0 aliphatic carbocycles. The summed E-state index contributed by atoms with van der Waals surface area (Å²) in [6.45, 7) is 5.00. The van der Waals surface area contributed by atoms with Gasteiger partial charge in [-0.1, -0.05) is 71.8 Å². The van der Waals surface area contributed by atoms with Crippen LogP contribution in [0.25, 0.3) is 0 Å².